The fraction of sp³-hybridized carbons (Fsp3) is 0.160. The number of para-hydroxylation sites is 1. The van der Waals surface area contributed by atoms with Crippen LogP contribution in [0.2, 0.25) is 5.02 Å². The molecule has 29 heavy (non-hydrogen) atoms. The Bertz CT molecular complexity index is 991. The van der Waals surface area contributed by atoms with Crippen molar-refractivity contribution in [1.29, 1.82) is 0 Å². The van der Waals surface area contributed by atoms with Gasteiger partial charge in [0.2, 0.25) is 0 Å². The van der Waals surface area contributed by atoms with Crippen LogP contribution in [0.25, 0.3) is 6.08 Å². The van der Waals surface area contributed by atoms with E-state index < -0.39 is 0 Å². The maximum absolute atomic E-state index is 12.4. The number of ketones is 1. The van der Waals surface area contributed by atoms with Gasteiger partial charge in [0.25, 0.3) is 0 Å². The predicted octanol–water partition coefficient (Wildman–Crippen LogP) is 5.56. The number of hydrogen-bond donors (Lipinski definition) is 0. The van der Waals surface area contributed by atoms with Crippen LogP contribution in [0, 0.1) is 0 Å². The van der Waals surface area contributed by atoms with E-state index in [-0.39, 0.29) is 5.78 Å². The number of allylic oxidation sites excluding steroid dienone is 1. The van der Waals surface area contributed by atoms with Gasteiger partial charge in [-0.15, -0.1) is 0 Å². The van der Waals surface area contributed by atoms with Gasteiger partial charge < -0.3 is 9.80 Å². The lowest BCUT2D eigenvalue weighted by Crippen LogP contribution is -2.46. The molecule has 3 nitrogen and oxygen atoms in total. The molecule has 0 bridgehead atoms. The Morgan fingerprint density at radius 3 is 2.07 bits per heavy atom. The van der Waals surface area contributed by atoms with Gasteiger partial charge in [0.05, 0.1) is 10.7 Å². The van der Waals surface area contributed by atoms with Gasteiger partial charge >= 0.3 is 0 Å². The van der Waals surface area contributed by atoms with Crippen LogP contribution in [0.1, 0.15) is 15.9 Å². The van der Waals surface area contributed by atoms with Crippen LogP contribution in [0.5, 0.6) is 0 Å². The molecule has 0 aromatic heterocycles. The summed E-state index contributed by atoms with van der Waals surface area (Å²) >= 11 is 6.33. The Morgan fingerprint density at radius 1 is 0.759 bits per heavy atom. The molecule has 1 saturated heterocycles. The first-order chi connectivity index (χ1) is 14.2. The lowest BCUT2D eigenvalue weighted by molar-refractivity contribution is 0.104. The number of anilines is 2. The summed E-state index contributed by atoms with van der Waals surface area (Å²) in [4.78, 5) is 17.1. The molecule has 146 valence electrons. The highest BCUT2D eigenvalue weighted by molar-refractivity contribution is 6.33. The SMILES string of the molecule is O=C(/C=C/c1ccccc1)c1ccc(N2CCN(c3ccccc3Cl)CC2)cc1. The largest absolute Gasteiger partial charge is 0.368 e. The Hall–Kier alpha value is -3.04. The molecule has 0 saturated carbocycles. The minimum absolute atomic E-state index is 0.0175. The molecular weight excluding hydrogens is 380 g/mol. The Kier molecular flexibility index (Phi) is 5.97. The number of rotatable bonds is 5. The standard InChI is InChI=1S/C25H23ClN2O/c26-23-8-4-5-9-24(23)28-18-16-27(17-19-28)22-13-11-21(12-14-22)25(29)15-10-20-6-2-1-3-7-20/h1-15H,16-19H2/b15-10+. The van der Waals surface area contributed by atoms with Crippen molar-refractivity contribution in [2.24, 2.45) is 0 Å². The van der Waals surface area contributed by atoms with Crippen LogP contribution in [0.4, 0.5) is 11.4 Å². The highest BCUT2D eigenvalue weighted by Crippen LogP contribution is 2.27. The minimum atomic E-state index is 0.0175. The molecule has 0 radical (unpaired) electrons. The van der Waals surface area contributed by atoms with Crippen LogP contribution in [0.15, 0.2) is 84.9 Å². The molecule has 1 aliphatic heterocycles. The molecule has 1 fully saturated rings. The molecule has 0 N–H and O–H groups in total. The van der Waals surface area contributed by atoms with E-state index in [4.69, 9.17) is 11.6 Å². The third-order valence-electron chi connectivity index (χ3n) is 5.22. The number of benzene rings is 3. The zero-order valence-electron chi connectivity index (χ0n) is 16.2. The molecule has 4 rings (SSSR count). The fourth-order valence-electron chi connectivity index (χ4n) is 3.58. The van der Waals surface area contributed by atoms with Crippen LogP contribution in [0.3, 0.4) is 0 Å². The highest BCUT2D eigenvalue weighted by atomic mass is 35.5. The van der Waals surface area contributed by atoms with Gasteiger partial charge in [-0.25, -0.2) is 0 Å². The summed E-state index contributed by atoms with van der Waals surface area (Å²) in [6, 6.07) is 25.7. The van der Waals surface area contributed by atoms with Gasteiger partial charge in [0.1, 0.15) is 0 Å². The van der Waals surface area contributed by atoms with Crippen molar-refractivity contribution in [2.45, 2.75) is 0 Å². The van der Waals surface area contributed by atoms with E-state index in [1.807, 2.05) is 78.9 Å². The zero-order chi connectivity index (χ0) is 20.1. The minimum Gasteiger partial charge on any atom is -0.368 e. The second-order valence-corrected chi connectivity index (χ2v) is 7.49. The van der Waals surface area contributed by atoms with E-state index in [9.17, 15) is 4.79 Å². The van der Waals surface area contributed by atoms with Gasteiger partial charge in [0.15, 0.2) is 5.78 Å². The normalized spacial score (nSPS) is 14.4. The summed E-state index contributed by atoms with van der Waals surface area (Å²) < 4.78 is 0. The van der Waals surface area contributed by atoms with Crippen molar-refractivity contribution in [3.8, 4) is 0 Å². The second-order valence-electron chi connectivity index (χ2n) is 7.08. The third kappa shape index (κ3) is 4.69. The molecule has 3 aromatic carbocycles. The zero-order valence-corrected chi connectivity index (χ0v) is 16.9. The molecule has 3 aromatic rings. The third-order valence-corrected chi connectivity index (χ3v) is 5.54. The molecular formula is C25H23ClN2O. The average Bonchev–Trinajstić information content (AvgIpc) is 2.79. The molecule has 0 spiro atoms. The number of piperazine rings is 1. The van der Waals surface area contributed by atoms with E-state index in [1.165, 1.54) is 0 Å². The molecule has 1 aliphatic rings. The van der Waals surface area contributed by atoms with E-state index in [0.29, 0.717) is 5.56 Å². The molecule has 4 heteroatoms. The first-order valence-electron chi connectivity index (χ1n) is 9.83. The summed E-state index contributed by atoms with van der Waals surface area (Å²) in [7, 11) is 0. The second kappa shape index (κ2) is 8.97. The lowest BCUT2D eigenvalue weighted by Gasteiger charge is -2.37. The summed E-state index contributed by atoms with van der Waals surface area (Å²) in [5, 5.41) is 0.798. The summed E-state index contributed by atoms with van der Waals surface area (Å²) in [6.07, 6.45) is 3.48. The van der Waals surface area contributed by atoms with E-state index in [2.05, 4.69) is 15.9 Å². The van der Waals surface area contributed by atoms with Crippen LogP contribution in [-0.2, 0) is 0 Å². The molecule has 1 heterocycles. The van der Waals surface area contributed by atoms with Crippen LogP contribution in [-0.4, -0.2) is 32.0 Å². The van der Waals surface area contributed by atoms with Crippen molar-refractivity contribution in [1.82, 2.24) is 0 Å². The Labute approximate surface area is 176 Å². The lowest BCUT2D eigenvalue weighted by atomic mass is 10.1. The predicted molar refractivity (Wildman–Crippen MR) is 122 cm³/mol. The van der Waals surface area contributed by atoms with Gasteiger partial charge in [-0.2, -0.15) is 0 Å². The number of carbonyl (C=O) groups is 1. The smallest absolute Gasteiger partial charge is 0.185 e. The van der Waals surface area contributed by atoms with Crippen LogP contribution < -0.4 is 9.80 Å². The molecule has 0 aliphatic carbocycles. The van der Waals surface area contributed by atoms with Gasteiger partial charge in [-0.3, -0.25) is 4.79 Å². The monoisotopic (exact) mass is 402 g/mol. The van der Waals surface area contributed by atoms with Crippen molar-refractivity contribution in [2.75, 3.05) is 36.0 Å². The summed E-state index contributed by atoms with van der Waals surface area (Å²) in [5.41, 5.74) is 3.97. The van der Waals surface area contributed by atoms with Crippen LogP contribution >= 0.6 is 11.6 Å². The van der Waals surface area contributed by atoms with E-state index in [0.717, 1.165) is 48.1 Å². The number of carbonyl (C=O) groups excluding carboxylic acids is 1. The maximum atomic E-state index is 12.4. The first-order valence-corrected chi connectivity index (χ1v) is 10.2. The number of nitrogens with zero attached hydrogens (tertiary/aromatic N) is 2. The first kappa shape index (κ1) is 19.3. The van der Waals surface area contributed by atoms with Crippen molar-refractivity contribution >= 4 is 34.8 Å². The van der Waals surface area contributed by atoms with Crippen molar-refractivity contribution < 1.29 is 4.79 Å². The summed E-state index contributed by atoms with van der Waals surface area (Å²) in [5.74, 6) is 0.0175. The highest BCUT2D eigenvalue weighted by Gasteiger charge is 2.19. The van der Waals surface area contributed by atoms with Gasteiger partial charge in [0, 0.05) is 37.4 Å². The topological polar surface area (TPSA) is 23.6 Å². The average molecular weight is 403 g/mol. The Balaban J connectivity index is 1.37. The number of halogens is 1. The quantitative estimate of drug-likeness (QED) is 0.412. The summed E-state index contributed by atoms with van der Waals surface area (Å²) in [6.45, 7) is 3.69. The Morgan fingerprint density at radius 2 is 1.38 bits per heavy atom. The molecule has 0 atom stereocenters. The maximum Gasteiger partial charge on any atom is 0.185 e. The van der Waals surface area contributed by atoms with E-state index in [1.54, 1.807) is 6.08 Å². The van der Waals surface area contributed by atoms with Gasteiger partial charge in [-0.05, 0) is 48.0 Å². The van der Waals surface area contributed by atoms with Crippen molar-refractivity contribution in [3.63, 3.8) is 0 Å². The van der Waals surface area contributed by atoms with Gasteiger partial charge in [-0.1, -0.05) is 60.1 Å². The number of hydrogen-bond acceptors (Lipinski definition) is 3. The van der Waals surface area contributed by atoms with Crippen molar-refractivity contribution in [3.05, 3.63) is 101 Å². The fourth-order valence-corrected chi connectivity index (χ4v) is 3.84. The molecule has 0 amide bonds. The van der Waals surface area contributed by atoms with E-state index >= 15 is 0 Å². The molecule has 0 unspecified atom stereocenters.